The van der Waals surface area contributed by atoms with E-state index in [1.54, 1.807) is 42.6 Å². The maximum absolute atomic E-state index is 13.9. The first-order chi connectivity index (χ1) is 16.0. The Bertz CT molecular complexity index is 1320. The number of carbonyl (C=O) groups excluding carboxylic acids is 1. The number of aromatic nitrogens is 5. The van der Waals surface area contributed by atoms with Crippen LogP contribution in [0.5, 0.6) is 5.75 Å². The van der Waals surface area contributed by atoms with Gasteiger partial charge in [0.2, 0.25) is 0 Å². The van der Waals surface area contributed by atoms with Gasteiger partial charge in [-0.15, -0.1) is 0 Å². The van der Waals surface area contributed by atoms with Crippen molar-refractivity contribution in [2.45, 2.75) is 26.0 Å². The van der Waals surface area contributed by atoms with Gasteiger partial charge in [0, 0.05) is 11.6 Å². The van der Waals surface area contributed by atoms with Crippen molar-refractivity contribution >= 4 is 28.5 Å². The molecular formula is C23H23ClN6O3. The molecule has 2 atom stereocenters. The number of imidazole rings is 1. The number of hydrogen-bond donors (Lipinski definition) is 1. The van der Waals surface area contributed by atoms with E-state index in [2.05, 4.69) is 15.2 Å². The van der Waals surface area contributed by atoms with Crippen LogP contribution in [0.2, 0.25) is 5.02 Å². The smallest absolute Gasteiger partial charge is 0.257 e. The Balaban J connectivity index is 1.58. The van der Waals surface area contributed by atoms with Gasteiger partial charge in [-0.3, -0.25) is 4.79 Å². The lowest BCUT2D eigenvalue weighted by atomic mass is 10.1. The van der Waals surface area contributed by atoms with Gasteiger partial charge >= 0.3 is 0 Å². The van der Waals surface area contributed by atoms with Crippen LogP contribution >= 0.6 is 11.6 Å². The number of amides is 1. The molecule has 0 saturated carbocycles. The number of H-pyrrole nitrogens is 1. The van der Waals surface area contributed by atoms with Gasteiger partial charge in [-0.25, -0.2) is 4.98 Å². The van der Waals surface area contributed by atoms with Crippen LogP contribution in [-0.2, 0) is 4.74 Å². The van der Waals surface area contributed by atoms with Gasteiger partial charge < -0.3 is 19.4 Å². The molecule has 0 bridgehead atoms. The van der Waals surface area contributed by atoms with Gasteiger partial charge in [-0.05, 0) is 49.7 Å². The zero-order valence-corrected chi connectivity index (χ0v) is 19.2. The number of aromatic amines is 1. The van der Waals surface area contributed by atoms with E-state index < -0.39 is 6.04 Å². The Labute approximate surface area is 195 Å². The van der Waals surface area contributed by atoms with Crippen molar-refractivity contribution in [3.63, 3.8) is 0 Å². The number of morpholine rings is 1. The van der Waals surface area contributed by atoms with Gasteiger partial charge in [-0.2, -0.15) is 15.0 Å². The van der Waals surface area contributed by atoms with Crippen molar-refractivity contribution < 1.29 is 14.3 Å². The van der Waals surface area contributed by atoms with E-state index in [1.807, 2.05) is 26.0 Å². The third kappa shape index (κ3) is 3.83. The summed E-state index contributed by atoms with van der Waals surface area (Å²) in [6.45, 7) is 4.60. The molecule has 2 aromatic carbocycles. The highest BCUT2D eigenvalue weighted by molar-refractivity contribution is 6.32. The zero-order chi connectivity index (χ0) is 23.1. The molecule has 33 heavy (non-hydrogen) atoms. The maximum atomic E-state index is 13.9. The third-order valence-corrected chi connectivity index (χ3v) is 6.28. The maximum Gasteiger partial charge on any atom is 0.257 e. The van der Waals surface area contributed by atoms with Gasteiger partial charge in [0.1, 0.15) is 17.6 Å². The summed E-state index contributed by atoms with van der Waals surface area (Å²) in [4.78, 5) is 25.3. The van der Waals surface area contributed by atoms with E-state index in [1.165, 1.54) is 4.80 Å². The lowest BCUT2D eigenvalue weighted by Gasteiger charge is -2.38. The van der Waals surface area contributed by atoms with Crippen LogP contribution < -0.4 is 4.74 Å². The SMILES string of the molecule is COc1ccc(-n2nccn2)c(C(=O)N2C[C@H](C)OC[C@H]2c2nc3c(C)c(Cl)ccc3[nH]2)c1. The topological polar surface area (TPSA) is 98.2 Å². The van der Waals surface area contributed by atoms with Crippen molar-refractivity contribution in [3.05, 3.63) is 64.7 Å². The first kappa shape index (κ1) is 21.4. The fourth-order valence-electron chi connectivity index (χ4n) is 4.10. The quantitative estimate of drug-likeness (QED) is 0.492. The summed E-state index contributed by atoms with van der Waals surface area (Å²) >= 11 is 6.29. The van der Waals surface area contributed by atoms with Crippen LogP contribution in [-0.4, -0.2) is 62.1 Å². The molecule has 1 fully saturated rings. The average Bonchev–Trinajstić information content (AvgIpc) is 3.51. The number of benzene rings is 2. The predicted molar refractivity (Wildman–Crippen MR) is 123 cm³/mol. The van der Waals surface area contributed by atoms with E-state index in [4.69, 9.17) is 26.1 Å². The Kier molecular flexibility index (Phi) is 5.51. The standard InChI is InChI=1S/C23H23ClN6O3/c1-13-11-29(20(12-33-13)22-27-18-6-5-17(24)14(2)21(18)28-22)23(31)16-10-15(32-3)4-7-19(16)30-25-8-9-26-30/h4-10,13,20H,11-12H2,1-3H3,(H,27,28)/t13-,20-/m0/s1. The van der Waals surface area contributed by atoms with Crippen molar-refractivity contribution in [1.82, 2.24) is 29.9 Å². The molecule has 9 nitrogen and oxygen atoms in total. The minimum atomic E-state index is -0.399. The monoisotopic (exact) mass is 466 g/mol. The first-order valence-corrected chi connectivity index (χ1v) is 11.0. The Morgan fingerprint density at radius 3 is 2.79 bits per heavy atom. The molecule has 10 heteroatoms. The predicted octanol–water partition coefficient (Wildman–Crippen LogP) is 3.72. The number of rotatable bonds is 4. The second-order valence-electron chi connectivity index (χ2n) is 8.01. The summed E-state index contributed by atoms with van der Waals surface area (Å²) in [5, 5.41) is 9.06. The van der Waals surface area contributed by atoms with Gasteiger partial charge in [-0.1, -0.05) is 11.6 Å². The molecular weight excluding hydrogens is 444 g/mol. The molecule has 1 N–H and O–H groups in total. The molecule has 0 unspecified atom stereocenters. The Morgan fingerprint density at radius 1 is 1.24 bits per heavy atom. The minimum absolute atomic E-state index is 0.123. The number of halogens is 1. The Morgan fingerprint density at radius 2 is 2.03 bits per heavy atom. The summed E-state index contributed by atoms with van der Waals surface area (Å²) in [5.74, 6) is 1.04. The van der Waals surface area contributed by atoms with Crippen molar-refractivity contribution in [3.8, 4) is 11.4 Å². The number of nitrogens with zero attached hydrogens (tertiary/aromatic N) is 5. The van der Waals surface area contributed by atoms with Crippen LogP contribution in [0.1, 0.15) is 34.7 Å². The molecule has 0 aliphatic carbocycles. The van der Waals surface area contributed by atoms with Gasteiger partial charge in [0.15, 0.2) is 0 Å². The molecule has 1 saturated heterocycles. The van der Waals surface area contributed by atoms with Crippen molar-refractivity contribution in [1.29, 1.82) is 0 Å². The number of carbonyl (C=O) groups is 1. The lowest BCUT2D eigenvalue weighted by Crippen LogP contribution is -2.47. The highest BCUT2D eigenvalue weighted by Crippen LogP contribution is 2.32. The fraction of sp³-hybridized carbons (Fsp3) is 0.304. The van der Waals surface area contributed by atoms with E-state index in [9.17, 15) is 4.79 Å². The van der Waals surface area contributed by atoms with E-state index in [-0.39, 0.29) is 12.0 Å². The molecule has 3 heterocycles. The summed E-state index contributed by atoms with van der Waals surface area (Å²) in [5.41, 5.74) is 3.53. The van der Waals surface area contributed by atoms with E-state index in [0.29, 0.717) is 41.0 Å². The van der Waals surface area contributed by atoms with Gasteiger partial charge in [0.05, 0.1) is 54.5 Å². The summed E-state index contributed by atoms with van der Waals surface area (Å²) in [7, 11) is 1.57. The normalized spacial score (nSPS) is 18.6. The number of hydrogen-bond acceptors (Lipinski definition) is 6. The number of nitrogens with one attached hydrogen (secondary N) is 1. The number of methoxy groups -OCH3 is 1. The van der Waals surface area contributed by atoms with Crippen molar-refractivity contribution in [2.24, 2.45) is 0 Å². The highest BCUT2D eigenvalue weighted by Gasteiger charge is 2.35. The van der Waals surface area contributed by atoms with Crippen molar-refractivity contribution in [2.75, 3.05) is 20.3 Å². The molecule has 0 spiro atoms. The van der Waals surface area contributed by atoms with Crippen LogP contribution in [0.25, 0.3) is 16.7 Å². The molecule has 5 rings (SSSR count). The third-order valence-electron chi connectivity index (χ3n) is 5.87. The number of fused-ring (bicyclic) bond motifs is 1. The fourth-order valence-corrected chi connectivity index (χ4v) is 4.25. The van der Waals surface area contributed by atoms with Gasteiger partial charge in [0.25, 0.3) is 5.91 Å². The van der Waals surface area contributed by atoms with Crippen LogP contribution in [0.15, 0.2) is 42.7 Å². The van der Waals surface area contributed by atoms with Crippen LogP contribution in [0, 0.1) is 6.92 Å². The average molecular weight is 467 g/mol. The lowest BCUT2D eigenvalue weighted by molar-refractivity contribution is -0.0467. The highest BCUT2D eigenvalue weighted by atomic mass is 35.5. The molecule has 170 valence electrons. The number of aryl methyl sites for hydroxylation is 1. The largest absolute Gasteiger partial charge is 0.497 e. The number of ether oxygens (including phenoxy) is 2. The summed E-state index contributed by atoms with van der Waals surface area (Å²) in [6.07, 6.45) is 3.02. The molecule has 4 aromatic rings. The first-order valence-electron chi connectivity index (χ1n) is 10.6. The zero-order valence-electron chi connectivity index (χ0n) is 18.4. The molecule has 0 radical (unpaired) electrons. The second-order valence-corrected chi connectivity index (χ2v) is 8.42. The van der Waals surface area contributed by atoms with Crippen LogP contribution in [0.3, 0.4) is 0 Å². The van der Waals surface area contributed by atoms with Crippen LogP contribution in [0.4, 0.5) is 0 Å². The Hall–Kier alpha value is -3.43. The summed E-state index contributed by atoms with van der Waals surface area (Å²) < 4.78 is 11.3. The summed E-state index contributed by atoms with van der Waals surface area (Å²) in [6, 6.07) is 8.59. The molecule has 1 aliphatic heterocycles. The molecule has 2 aromatic heterocycles. The molecule has 1 amide bonds. The minimum Gasteiger partial charge on any atom is -0.497 e. The van der Waals surface area contributed by atoms with E-state index >= 15 is 0 Å². The second kappa shape index (κ2) is 8.49. The molecule has 1 aliphatic rings. The van der Waals surface area contributed by atoms with E-state index in [0.717, 1.165) is 16.6 Å².